The molecule has 0 atom stereocenters. The molecule has 5 heteroatoms. The Kier molecular flexibility index (Phi) is 3.45. The summed E-state index contributed by atoms with van der Waals surface area (Å²) >= 11 is 0. The fourth-order valence-corrected chi connectivity index (χ4v) is 2.67. The third-order valence-corrected chi connectivity index (χ3v) is 4.75. The predicted molar refractivity (Wildman–Crippen MR) is 81.7 cm³/mol. The van der Waals surface area contributed by atoms with Crippen LogP contribution in [0.2, 0.25) is 0 Å². The molecule has 0 bridgehead atoms. The van der Waals surface area contributed by atoms with E-state index < -0.39 is 24.3 Å². The van der Waals surface area contributed by atoms with Crippen LogP contribution in [0.4, 0.5) is 4.39 Å². The molecule has 3 nitrogen and oxygen atoms in total. The molecule has 1 aliphatic heterocycles. The van der Waals surface area contributed by atoms with Crippen LogP contribution in [0.5, 0.6) is 0 Å². The van der Waals surface area contributed by atoms with Crippen LogP contribution in [-0.2, 0) is 9.31 Å². The van der Waals surface area contributed by atoms with Gasteiger partial charge in [-0.25, -0.2) is 4.98 Å². The van der Waals surface area contributed by atoms with E-state index in [1.54, 1.807) is 6.07 Å². The Morgan fingerprint density at radius 3 is 2.33 bits per heavy atom. The number of pyridine rings is 1. The molecule has 0 aromatic carbocycles. The molecule has 1 saturated heterocycles. The van der Waals surface area contributed by atoms with E-state index in [-0.39, 0.29) is 0 Å². The molecule has 0 spiro atoms. The summed E-state index contributed by atoms with van der Waals surface area (Å²) in [6.07, 6.45) is 5.29. The van der Waals surface area contributed by atoms with Gasteiger partial charge >= 0.3 is 7.12 Å². The number of nitrogens with zero attached hydrogens (tertiary/aromatic N) is 1. The SMILES string of the molecule is CC1(C)OB(c2ccc(C3=CCCC3)nc2F)OC1(C)C. The van der Waals surface area contributed by atoms with Crippen molar-refractivity contribution >= 4 is 18.2 Å². The van der Waals surface area contributed by atoms with E-state index in [1.165, 1.54) is 0 Å². The van der Waals surface area contributed by atoms with Crippen molar-refractivity contribution in [2.45, 2.75) is 58.2 Å². The first-order valence-electron chi connectivity index (χ1n) is 7.52. The van der Waals surface area contributed by atoms with Crippen molar-refractivity contribution in [2.24, 2.45) is 0 Å². The number of hydrogen-bond donors (Lipinski definition) is 0. The van der Waals surface area contributed by atoms with E-state index in [4.69, 9.17) is 9.31 Å². The zero-order valence-electron chi connectivity index (χ0n) is 13.1. The Bertz CT molecular complexity index is 582. The third-order valence-electron chi connectivity index (χ3n) is 4.75. The van der Waals surface area contributed by atoms with E-state index >= 15 is 0 Å². The second kappa shape index (κ2) is 4.92. The van der Waals surface area contributed by atoms with Gasteiger partial charge in [0.15, 0.2) is 0 Å². The van der Waals surface area contributed by atoms with Crippen LogP contribution in [-0.4, -0.2) is 23.3 Å². The summed E-state index contributed by atoms with van der Waals surface area (Å²) in [6.45, 7) is 7.82. The molecule has 1 aliphatic carbocycles. The molecule has 0 amide bonds. The highest BCUT2D eigenvalue weighted by molar-refractivity contribution is 6.62. The van der Waals surface area contributed by atoms with E-state index in [0.29, 0.717) is 5.46 Å². The standard InChI is InChI=1S/C16H21BFNO2/c1-15(2)16(3,4)21-17(20-15)12-9-10-13(19-14(12)18)11-7-5-6-8-11/h7,9-10H,5-6,8H2,1-4H3. The van der Waals surface area contributed by atoms with Crippen LogP contribution < -0.4 is 5.46 Å². The summed E-state index contributed by atoms with van der Waals surface area (Å²) in [5.41, 5.74) is 1.28. The minimum absolute atomic E-state index is 0.371. The van der Waals surface area contributed by atoms with Crippen molar-refractivity contribution < 1.29 is 13.7 Å². The molecular formula is C16H21BFNO2. The number of rotatable bonds is 2. The van der Waals surface area contributed by atoms with E-state index in [0.717, 1.165) is 30.5 Å². The average Bonchev–Trinajstić information content (AvgIpc) is 2.96. The van der Waals surface area contributed by atoms with Crippen LogP contribution in [0.3, 0.4) is 0 Å². The van der Waals surface area contributed by atoms with Crippen molar-refractivity contribution in [3.05, 3.63) is 29.9 Å². The highest BCUT2D eigenvalue weighted by atomic mass is 19.1. The minimum atomic E-state index is -0.700. The molecule has 3 rings (SSSR count). The summed E-state index contributed by atoms with van der Waals surface area (Å²) in [5, 5.41) is 0. The number of halogens is 1. The predicted octanol–water partition coefficient (Wildman–Crippen LogP) is 3.09. The molecule has 0 saturated carbocycles. The monoisotopic (exact) mass is 289 g/mol. The van der Waals surface area contributed by atoms with Gasteiger partial charge < -0.3 is 9.31 Å². The van der Waals surface area contributed by atoms with Crippen LogP contribution in [0.1, 0.15) is 52.7 Å². The molecular weight excluding hydrogens is 268 g/mol. The summed E-state index contributed by atoms with van der Waals surface area (Å²) < 4.78 is 26.1. The molecule has 1 aromatic rings. The molecule has 21 heavy (non-hydrogen) atoms. The topological polar surface area (TPSA) is 31.4 Å². The fraction of sp³-hybridized carbons (Fsp3) is 0.562. The largest absolute Gasteiger partial charge is 0.499 e. The minimum Gasteiger partial charge on any atom is -0.399 e. The first-order chi connectivity index (χ1) is 9.80. The Morgan fingerprint density at radius 2 is 1.81 bits per heavy atom. The normalized spacial score (nSPS) is 23.5. The van der Waals surface area contributed by atoms with E-state index in [1.807, 2.05) is 33.8 Å². The van der Waals surface area contributed by atoms with Crippen molar-refractivity contribution in [2.75, 3.05) is 0 Å². The second-order valence-corrected chi connectivity index (χ2v) is 6.79. The lowest BCUT2D eigenvalue weighted by atomic mass is 9.79. The van der Waals surface area contributed by atoms with Gasteiger partial charge in [-0.3, -0.25) is 0 Å². The molecule has 112 valence electrons. The van der Waals surface area contributed by atoms with Gasteiger partial charge in [0, 0.05) is 5.46 Å². The lowest BCUT2D eigenvalue weighted by molar-refractivity contribution is 0.00578. The zero-order chi connectivity index (χ0) is 15.3. The maximum atomic E-state index is 14.4. The van der Waals surface area contributed by atoms with Crippen LogP contribution in [0.15, 0.2) is 18.2 Å². The van der Waals surface area contributed by atoms with Crippen molar-refractivity contribution in [1.82, 2.24) is 4.98 Å². The number of hydrogen-bond acceptors (Lipinski definition) is 3. The van der Waals surface area contributed by atoms with Crippen LogP contribution >= 0.6 is 0 Å². The van der Waals surface area contributed by atoms with Gasteiger partial charge in [0.25, 0.3) is 0 Å². The smallest absolute Gasteiger partial charge is 0.399 e. The highest BCUT2D eigenvalue weighted by Crippen LogP contribution is 2.36. The summed E-state index contributed by atoms with van der Waals surface area (Å²) in [4.78, 5) is 4.10. The molecule has 2 aliphatic rings. The van der Waals surface area contributed by atoms with Gasteiger partial charge in [-0.1, -0.05) is 12.1 Å². The Balaban J connectivity index is 1.87. The molecule has 0 radical (unpaired) electrons. The van der Waals surface area contributed by atoms with Crippen LogP contribution in [0, 0.1) is 5.95 Å². The first kappa shape index (κ1) is 14.7. The molecule has 0 unspecified atom stereocenters. The van der Waals surface area contributed by atoms with Gasteiger partial charge in [-0.15, -0.1) is 0 Å². The Labute approximate surface area is 125 Å². The molecule has 0 N–H and O–H groups in total. The highest BCUT2D eigenvalue weighted by Gasteiger charge is 2.52. The Hall–Kier alpha value is -1.20. The van der Waals surface area contributed by atoms with Gasteiger partial charge in [0.1, 0.15) is 0 Å². The van der Waals surface area contributed by atoms with Gasteiger partial charge in [-0.2, -0.15) is 4.39 Å². The number of aromatic nitrogens is 1. The lowest BCUT2D eigenvalue weighted by Gasteiger charge is -2.32. The third kappa shape index (κ3) is 2.53. The van der Waals surface area contributed by atoms with E-state index in [2.05, 4.69) is 11.1 Å². The zero-order valence-corrected chi connectivity index (χ0v) is 13.1. The number of allylic oxidation sites excluding steroid dienone is 2. The maximum Gasteiger partial charge on any atom is 0.499 e. The first-order valence-corrected chi connectivity index (χ1v) is 7.52. The van der Waals surface area contributed by atoms with Gasteiger partial charge in [0.2, 0.25) is 5.95 Å². The summed E-state index contributed by atoms with van der Waals surface area (Å²) in [6, 6.07) is 3.60. The lowest BCUT2D eigenvalue weighted by Crippen LogP contribution is -2.41. The van der Waals surface area contributed by atoms with E-state index in [9.17, 15) is 4.39 Å². The molecule has 1 fully saturated rings. The van der Waals surface area contributed by atoms with Gasteiger partial charge in [-0.05, 0) is 58.6 Å². The maximum absolute atomic E-state index is 14.4. The van der Waals surface area contributed by atoms with Crippen LogP contribution in [0.25, 0.3) is 5.57 Å². The molecule has 1 aromatic heterocycles. The van der Waals surface area contributed by atoms with Gasteiger partial charge in [0.05, 0.1) is 16.9 Å². The Morgan fingerprint density at radius 1 is 1.14 bits per heavy atom. The summed E-state index contributed by atoms with van der Waals surface area (Å²) in [5.74, 6) is -0.501. The van der Waals surface area contributed by atoms with Crippen molar-refractivity contribution in [1.29, 1.82) is 0 Å². The quantitative estimate of drug-likeness (QED) is 0.619. The van der Waals surface area contributed by atoms with Crippen molar-refractivity contribution in [3.63, 3.8) is 0 Å². The molecule has 2 heterocycles. The van der Waals surface area contributed by atoms with Crippen molar-refractivity contribution in [3.8, 4) is 0 Å². The summed E-state index contributed by atoms with van der Waals surface area (Å²) in [7, 11) is -0.700. The fourth-order valence-electron chi connectivity index (χ4n) is 2.67. The second-order valence-electron chi connectivity index (χ2n) is 6.79. The average molecular weight is 289 g/mol.